The van der Waals surface area contributed by atoms with Gasteiger partial charge in [0.2, 0.25) is 0 Å². The molecule has 0 amide bonds. The van der Waals surface area contributed by atoms with Crippen LogP contribution in [0.5, 0.6) is 0 Å². The van der Waals surface area contributed by atoms with E-state index in [1.165, 1.54) is 16.1 Å². The van der Waals surface area contributed by atoms with Crippen molar-refractivity contribution in [1.29, 1.82) is 0 Å². The number of anilines is 1. The lowest BCUT2D eigenvalue weighted by Gasteiger charge is -2.00. The molecule has 0 unspecified atom stereocenters. The van der Waals surface area contributed by atoms with Gasteiger partial charge in [0.05, 0.1) is 0 Å². The molecule has 0 aromatic carbocycles. The normalized spacial score (nSPS) is 10.8. The van der Waals surface area contributed by atoms with Crippen LogP contribution in [0.4, 0.5) is 5.82 Å². The van der Waals surface area contributed by atoms with Gasteiger partial charge in [-0.25, -0.2) is 0 Å². The van der Waals surface area contributed by atoms with Crippen molar-refractivity contribution in [2.24, 2.45) is 0 Å². The van der Waals surface area contributed by atoms with Crippen molar-refractivity contribution in [3.63, 3.8) is 0 Å². The van der Waals surface area contributed by atoms with E-state index in [9.17, 15) is 0 Å². The first-order chi connectivity index (χ1) is 7.81. The number of rotatable bonds is 5. The number of aromatic nitrogens is 2. The highest BCUT2D eigenvalue weighted by Crippen LogP contribution is 2.17. The molecular formula is C12H17N3S. The molecule has 0 saturated heterocycles. The lowest BCUT2D eigenvalue weighted by Crippen LogP contribution is -1.95. The minimum Gasteiger partial charge on any atom is -0.382 e. The maximum Gasteiger partial charge on any atom is 0.148 e. The molecule has 0 aliphatic heterocycles. The summed E-state index contributed by atoms with van der Waals surface area (Å²) in [5, 5.41) is 9.22. The van der Waals surface area contributed by atoms with Gasteiger partial charge in [0, 0.05) is 16.1 Å². The van der Waals surface area contributed by atoms with E-state index in [1.54, 1.807) is 0 Å². The van der Waals surface area contributed by atoms with Crippen molar-refractivity contribution in [3.05, 3.63) is 33.6 Å². The Morgan fingerprint density at radius 2 is 2.31 bits per heavy atom. The van der Waals surface area contributed by atoms with Crippen LogP contribution in [0, 0.1) is 0 Å². The summed E-state index contributed by atoms with van der Waals surface area (Å²) < 4.78 is 0. The summed E-state index contributed by atoms with van der Waals surface area (Å²) >= 11 is 1.82. The van der Waals surface area contributed by atoms with Gasteiger partial charge in [-0.3, -0.25) is 5.10 Å². The van der Waals surface area contributed by atoms with Crippen LogP contribution in [-0.4, -0.2) is 10.2 Å². The van der Waals surface area contributed by atoms with E-state index in [1.807, 2.05) is 11.3 Å². The topological polar surface area (TPSA) is 54.7 Å². The van der Waals surface area contributed by atoms with Crippen molar-refractivity contribution < 1.29 is 0 Å². The molecule has 0 bridgehead atoms. The molecule has 2 aromatic heterocycles. The molecule has 0 spiro atoms. The van der Waals surface area contributed by atoms with Crippen molar-refractivity contribution in [2.75, 3.05) is 5.73 Å². The molecule has 2 rings (SSSR count). The maximum absolute atomic E-state index is 5.78. The first-order valence-electron chi connectivity index (χ1n) is 5.65. The van der Waals surface area contributed by atoms with Crippen molar-refractivity contribution in [2.45, 2.75) is 32.6 Å². The van der Waals surface area contributed by atoms with E-state index in [2.05, 4.69) is 34.6 Å². The minimum absolute atomic E-state index is 0.661. The number of hydrogen-bond acceptors (Lipinski definition) is 3. The highest BCUT2D eigenvalue weighted by molar-refractivity contribution is 7.09. The zero-order chi connectivity index (χ0) is 11.4. The summed E-state index contributed by atoms with van der Waals surface area (Å²) in [4.78, 5) is 1.45. The standard InChI is InChI=1S/C12H17N3S/c1-2-10-11(14-15-12(10)13)7-3-5-9-6-4-8-16-9/h4,6,8H,2-3,5,7H2,1H3,(H3,13,14,15). The van der Waals surface area contributed by atoms with Crippen molar-refractivity contribution >= 4 is 17.2 Å². The van der Waals surface area contributed by atoms with E-state index in [0.29, 0.717) is 5.82 Å². The van der Waals surface area contributed by atoms with Crippen LogP contribution in [0.3, 0.4) is 0 Å². The summed E-state index contributed by atoms with van der Waals surface area (Å²) in [6.45, 7) is 2.12. The molecule has 4 heteroatoms. The molecule has 0 radical (unpaired) electrons. The van der Waals surface area contributed by atoms with Gasteiger partial charge in [0.15, 0.2) is 0 Å². The smallest absolute Gasteiger partial charge is 0.148 e. The molecule has 0 fully saturated rings. The van der Waals surface area contributed by atoms with E-state index in [4.69, 9.17) is 5.73 Å². The number of nitrogens with one attached hydrogen (secondary N) is 1. The molecule has 0 saturated carbocycles. The Labute approximate surface area is 99.7 Å². The molecule has 86 valence electrons. The summed E-state index contributed by atoms with van der Waals surface area (Å²) in [5.41, 5.74) is 8.17. The summed E-state index contributed by atoms with van der Waals surface area (Å²) in [5.74, 6) is 0.661. The summed E-state index contributed by atoms with van der Waals surface area (Å²) in [6.07, 6.45) is 4.27. The molecule has 0 aliphatic rings. The zero-order valence-corrected chi connectivity index (χ0v) is 10.3. The predicted octanol–water partition coefficient (Wildman–Crippen LogP) is 2.79. The molecule has 2 heterocycles. The first kappa shape index (κ1) is 11.2. The number of H-pyrrole nitrogens is 1. The number of nitrogens with zero attached hydrogens (tertiary/aromatic N) is 1. The Hall–Kier alpha value is -1.29. The van der Waals surface area contributed by atoms with Gasteiger partial charge in [-0.2, -0.15) is 5.10 Å². The third kappa shape index (κ3) is 2.44. The Morgan fingerprint density at radius 3 is 3.00 bits per heavy atom. The molecule has 0 aliphatic carbocycles. The Bertz CT molecular complexity index is 431. The number of aryl methyl sites for hydroxylation is 2. The SMILES string of the molecule is CCc1c(N)n[nH]c1CCCc1cccs1. The fourth-order valence-corrected chi connectivity index (χ4v) is 2.66. The molecule has 3 N–H and O–H groups in total. The van der Waals surface area contributed by atoms with Gasteiger partial charge < -0.3 is 5.73 Å². The summed E-state index contributed by atoms with van der Waals surface area (Å²) in [6, 6.07) is 4.29. The van der Waals surface area contributed by atoms with Crippen LogP contribution >= 0.6 is 11.3 Å². The fourth-order valence-electron chi connectivity index (χ4n) is 1.91. The average molecular weight is 235 g/mol. The van der Waals surface area contributed by atoms with Crippen LogP contribution in [0.2, 0.25) is 0 Å². The minimum atomic E-state index is 0.661. The predicted molar refractivity (Wildman–Crippen MR) is 68.7 cm³/mol. The third-order valence-corrected chi connectivity index (χ3v) is 3.70. The van der Waals surface area contributed by atoms with Gasteiger partial charge in [-0.1, -0.05) is 13.0 Å². The van der Waals surface area contributed by atoms with E-state index < -0.39 is 0 Å². The number of thiophene rings is 1. The second-order valence-electron chi connectivity index (χ2n) is 3.85. The Balaban J connectivity index is 1.89. The van der Waals surface area contributed by atoms with Crippen LogP contribution < -0.4 is 5.73 Å². The second kappa shape index (κ2) is 5.16. The highest BCUT2D eigenvalue weighted by Gasteiger charge is 2.08. The van der Waals surface area contributed by atoms with Crippen LogP contribution in [-0.2, 0) is 19.3 Å². The van der Waals surface area contributed by atoms with Crippen LogP contribution in [0.25, 0.3) is 0 Å². The number of hydrogen-bond donors (Lipinski definition) is 2. The molecule has 0 atom stereocenters. The third-order valence-electron chi connectivity index (χ3n) is 2.77. The van der Waals surface area contributed by atoms with Crippen LogP contribution in [0.15, 0.2) is 17.5 Å². The Kier molecular flexibility index (Phi) is 3.62. The lowest BCUT2D eigenvalue weighted by atomic mass is 10.1. The van der Waals surface area contributed by atoms with E-state index in [-0.39, 0.29) is 0 Å². The second-order valence-corrected chi connectivity index (χ2v) is 4.88. The number of nitrogens with two attached hydrogens (primary N) is 1. The average Bonchev–Trinajstić information content (AvgIpc) is 2.89. The largest absolute Gasteiger partial charge is 0.382 e. The monoisotopic (exact) mass is 235 g/mol. The van der Waals surface area contributed by atoms with Crippen LogP contribution in [0.1, 0.15) is 29.5 Å². The maximum atomic E-state index is 5.78. The van der Waals surface area contributed by atoms with Gasteiger partial charge in [-0.15, -0.1) is 11.3 Å². The van der Waals surface area contributed by atoms with Crippen molar-refractivity contribution in [3.8, 4) is 0 Å². The lowest BCUT2D eigenvalue weighted by molar-refractivity contribution is 0.792. The van der Waals surface area contributed by atoms with E-state index >= 15 is 0 Å². The van der Waals surface area contributed by atoms with E-state index in [0.717, 1.165) is 25.7 Å². The van der Waals surface area contributed by atoms with Gasteiger partial charge in [0.25, 0.3) is 0 Å². The fraction of sp³-hybridized carbons (Fsp3) is 0.417. The Morgan fingerprint density at radius 1 is 1.44 bits per heavy atom. The molecular weight excluding hydrogens is 218 g/mol. The highest BCUT2D eigenvalue weighted by atomic mass is 32.1. The van der Waals surface area contributed by atoms with Gasteiger partial charge >= 0.3 is 0 Å². The van der Waals surface area contributed by atoms with Gasteiger partial charge in [0.1, 0.15) is 5.82 Å². The summed E-state index contributed by atoms with van der Waals surface area (Å²) in [7, 11) is 0. The van der Waals surface area contributed by atoms with Crippen molar-refractivity contribution in [1.82, 2.24) is 10.2 Å². The molecule has 2 aromatic rings. The number of aromatic amines is 1. The quantitative estimate of drug-likeness (QED) is 0.837. The van der Waals surface area contributed by atoms with Gasteiger partial charge in [-0.05, 0) is 37.1 Å². The molecule has 16 heavy (non-hydrogen) atoms. The zero-order valence-electron chi connectivity index (χ0n) is 9.49. The first-order valence-corrected chi connectivity index (χ1v) is 6.53. The molecule has 3 nitrogen and oxygen atoms in total. The number of nitrogen functional groups attached to an aromatic ring is 1.